The van der Waals surface area contributed by atoms with Gasteiger partial charge in [-0.15, -0.1) is 0 Å². The van der Waals surface area contributed by atoms with Crippen molar-refractivity contribution in [3.63, 3.8) is 0 Å². The number of carbonyl (C=O) groups is 1. The molecule has 1 heterocycles. The molecule has 0 spiro atoms. The van der Waals surface area contributed by atoms with Crippen LogP contribution >= 0.6 is 0 Å². The maximum absolute atomic E-state index is 11.6. The highest BCUT2D eigenvalue weighted by Crippen LogP contribution is 2.09. The summed E-state index contributed by atoms with van der Waals surface area (Å²) in [6.45, 7) is 6.35. The Morgan fingerprint density at radius 2 is 2.26 bits per heavy atom. The Morgan fingerprint density at radius 3 is 2.89 bits per heavy atom. The second-order valence-corrected chi connectivity index (χ2v) is 4.55. The van der Waals surface area contributed by atoms with Crippen LogP contribution in [0.2, 0.25) is 0 Å². The molecule has 1 aromatic heterocycles. The van der Waals surface area contributed by atoms with Gasteiger partial charge < -0.3 is 10.6 Å². The summed E-state index contributed by atoms with van der Waals surface area (Å²) in [7, 11) is 0. The molecule has 0 aliphatic heterocycles. The molecule has 5 nitrogen and oxygen atoms in total. The molecule has 0 aromatic carbocycles. The zero-order chi connectivity index (χ0) is 14.3. The second-order valence-electron chi connectivity index (χ2n) is 4.55. The summed E-state index contributed by atoms with van der Waals surface area (Å²) < 4.78 is 0. The van der Waals surface area contributed by atoms with Crippen molar-refractivity contribution in [1.29, 1.82) is 5.26 Å². The maximum atomic E-state index is 11.6. The van der Waals surface area contributed by atoms with E-state index in [0.29, 0.717) is 24.3 Å². The molecule has 102 valence electrons. The van der Waals surface area contributed by atoms with Crippen LogP contribution < -0.4 is 10.6 Å². The first-order valence-electron chi connectivity index (χ1n) is 6.47. The van der Waals surface area contributed by atoms with Gasteiger partial charge in [0.15, 0.2) is 0 Å². The number of rotatable bonds is 6. The van der Waals surface area contributed by atoms with E-state index in [9.17, 15) is 4.79 Å². The second kappa shape index (κ2) is 7.37. The lowest BCUT2D eigenvalue weighted by molar-refractivity contribution is -0.121. The van der Waals surface area contributed by atoms with Crippen molar-refractivity contribution in [3.8, 4) is 6.07 Å². The van der Waals surface area contributed by atoms with Crippen molar-refractivity contribution in [3.05, 3.63) is 23.4 Å². The predicted octanol–water partition coefficient (Wildman–Crippen LogP) is 1.98. The van der Waals surface area contributed by atoms with Crippen LogP contribution in [-0.4, -0.2) is 23.5 Å². The smallest absolute Gasteiger partial charge is 0.221 e. The van der Waals surface area contributed by atoms with Crippen LogP contribution in [0.5, 0.6) is 0 Å². The van der Waals surface area contributed by atoms with Gasteiger partial charge in [0.25, 0.3) is 0 Å². The van der Waals surface area contributed by atoms with Crippen molar-refractivity contribution >= 4 is 11.7 Å². The molecule has 2 N–H and O–H groups in total. The molecule has 0 aliphatic carbocycles. The number of nitriles is 1. The molecule has 0 aliphatic rings. The van der Waals surface area contributed by atoms with Crippen molar-refractivity contribution < 1.29 is 4.79 Å². The highest BCUT2D eigenvalue weighted by Gasteiger charge is 2.05. The third-order valence-electron chi connectivity index (χ3n) is 2.76. The van der Waals surface area contributed by atoms with Gasteiger partial charge >= 0.3 is 0 Å². The summed E-state index contributed by atoms with van der Waals surface area (Å²) in [5, 5.41) is 14.8. The molecule has 0 radical (unpaired) electrons. The van der Waals surface area contributed by atoms with Gasteiger partial charge in [-0.1, -0.05) is 6.92 Å². The van der Waals surface area contributed by atoms with Crippen molar-refractivity contribution in [2.24, 2.45) is 0 Å². The third kappa shape index (κ3) is 5.38. The SMILES string of the molecule is CCC(C)NC(=O)CCNc1cc(C#N)cc(C)n1. The van der Waals surface area contributed by atoms with Crippen LogP contribution in [0.1, 0.15) is 37.9 Å². The Hall–Kier alpha value is -2.09. The number of hydrogen-bond acceptors (Lipinski definition) is 4. The quantitative estimate of drug-likeness (QED) is 0.819. The molecular weight excluding hydrogens is 240 g/mol. The Balaban J connectivity index is 2.43. The molecule has 1 rings (SSSR count). The Morgan fingerprint density at radius 1 is 1.53 bits per heavy atom. The van der Waals surface area contributed by atoms with E-state index >= 15 is 0 Å². The van der Waals surface area contributed by atoms with Gasteiger partial charge in [-0.3, -0.25) is 4.79 Å². The van der Waals surface area contributed by atoms with Gasteiger partial charge in [0.2, 0.25) is 5.91 Å². The average molecular weight is 260 g/mol. The lowest BCUT2D eigenvalue weighted by Crippen LogP contribution is -2.33. The molecule has 1 unspecified atom stereocenters. The summed E-state index contributed by atoms with van der Waals surface area (Å²) >= 11 is 0. The van der Waals surface area contributed by atoms with E-state index in [2.05, 4.69) is 21.7 Å². The molecule has 1 aromatic rings. The van der Waals surface area contributed by atoms with Crippen LogP contribution in [-0.2, 0) is 4.79 Å². The summed E-state index contributed by atoms with van der Waals surface area (Å²) in [5.41, 5.74) is 1.35. The van der Waals surface area contributed by atoms with Gasteiger partial charge in [-0.05, 0) is 32.4 Å². The topological polar surface area (TPSA) is 77.8 Å². The van der Waals surface area contributed by atoms with Crippen molar-refractivity contribution in [2.75, 3.05) is 11.9 Å². The summed E-state index contributed by atoms with van der Waals surface area (Å²) in [6, 6.07) is 5.69. The van der Waals surface area contributed by atoms with E-state index in [1.165, 1.54) is 0 Å². The largest absolute Gasteiger partial charge is 0.370 e. The van der Waals surface area contributed by atoms with Gasteiger partial charge in [0.1, 0.15) is 5.82 Å². The normalized spacial score (nSPS) is 11.5. The van der Waals surface area contributed by atoms with E-state index in [0.717, 1.165) is 12.1 Å². The Bertz CT molecular complexity index is 479. The lowest BCUT2D eigenvalue weighted by Gasteiger charge is -2.11. The number of carbonyl (C=O) groups excluding carboxylic acids is 1. The molecule has 1 atom stereocenters. The first-order valence-corrected chi connectivity index (χ1v) is 6.47. The zero-order valence-electron chi connectivity index (χ0n) is 11.7. The Labute approximate surface area is 114 Å². The van der Waals surface area contributed by atoms with E-state index in [1.807, 2.05) is 20.8 Å². The van der Waals surface area contributed by atoms with Gasteiger partial charge in [0, 0.05) is 24.7 Å². The van der Waals surface area contributed by atoms with E-state index < -0.39 is 0 Å². The van der Waals surface area contributed by atoms with Crippen molar-refractivity contribution in [1.82, 2.24) is 10.3 Å². The molecule has 0 bridgehead atoms. The van der Waals surface area contributed by atoms with E-state index in [1.54, 1.807) is 12.1 Å². The summed E-state index contributed by atoms with van der Waals surface area (Å²) in [5.74, 6) is 0.655. The zero-order valence-corrected chi connectivity index (χ0v) is 11.7. The highest BCUT2D eigenvalue weighted by molar-refractivity contribution is 5.76. The van der Waals surface area contributed by atoms with E-state index in [-0.39, 0.29) is 11.9 Å². The monoisotopic (exact) mass is 260 g/mol. The fourth-order valence-corrected chi connectivity index (χ4v) is 1.58. The third-order valence-corrected chi connectivity index (χ3v) is 2.76. The number of amides is 1. The van der Waals surface area contributed by atoms with Gasteiger partial charge in [-0.2, -0.15) is 5.26 Å². The number of pyridine rings is 1. The Kier molecular flexibility index (Phi) is 5.80. The minimum Gasteiger partial charge on any atom is -0.370 e. The van der Waals surface area contributed by atoms with Crippen LogP contribution in [0.4, 0.5) is 5.82 Å². The molecule has 0 fully saturated rings. The predicted molar refractivity (Wildman–Crippen MR) is 74.7 cm³/mol. The van der Waals surface area contributed by atoms with Crippen LogP contribution in [0.3, 0.4) is 0 Å². The number of anilines is 1. The van der Waals surface area contributed by atoms with Crippen molar-refractivity contribution in [2.45, 2.75) is 39.7 Å². The summed E-state index contributed by atoms with van der Waals surface area (Å²) in [6.07, 6.45) is 1.31. The number of hydrogen-bond donors (Lipinski definition) is 2. The minimum absolute atomic E-state index is 0.0232. The molecule has 0 saturated heterocycles. The number of aromatic nitrogens is 1. The standard InChI is InChI=1S/C14H20N4O/c1-4-10(2)18-14(19)5-6-16-13-8-12(9-15)7-11(3)17-13/h7-8,10H,4-6H2,1-3H3,(H,16,17)(H,18,19). The molecule has 19 heavy (non-hydrogen) atoms. The molecule has 0 saturated carbocycles. The first kappa shape index (κ1) is 15.0. The lowest BCUT2D eigenvalue weighted by atomic mass is 10.2. The van der Waals surface area contributed by atoms with E-state index in [4.69, 9.17) is 5.26 Å². The molecule has 5 heteroatoms. The number of nitrogens with zero attached hydrogens (tertiary/aromatic N) is 2. The summed E-state index contributed by atoms with van der Waals surface area (Å²) in [4.78, 5) is 15.8. The number of aryl methyl sites for hydroxylation is 1. The molecular formula is C14H20N4O. The van der Waals surface area contributed by atoms with Crippen LogP contribution in [0.15, 0.2) is 12.1 Å². The fraction of sp³-hybridized carbons (Fsp3) is 0.500. The van der Waals surface area contributed by atoms with Crippen LogP contribution in [0.25, 0.3) is 0 Å². The van der Waals surface area contributed by atoms with Crippen LogP contribution in [0, 0.1) is 18.3 Å². The molecule has 1 amide bonds. The maximum Gasteiger partial charge on any atom is 0.221 e. The highest BCUT2D eigenvalue weighted by atomic mass is 16.1. The van der Waals surface area contributed by atoms with Gasteiger partial charge in [-0.25, -0.2) is 4.98 Å². The first-order chi connectivity index (χ1) is 9.05. The fourth-order valence-electron chi connectivity index (χ4n) is 1.58. The number of nitrogens with one attached hydrogen (secondary N) is 2. The van der Waals surface area contributed by atoms with Gasteiger partial charge in [0.05, 0.1) is 11.6 Å². The minimum atomic E-state index is 0.0232. The average Bonchev–Trinajstić information content (AvgIpc) is 2.37.